The first kappa shape index (κ1) is 79.8. The Morgan fingerprint density at radius 2 is 0.713 bits per heavy atom. The molecule has 1 amide bonds. The van der Waals surface area contributed by atoms with Crippen molar-refractivity contribution in [3.8, 4) is 0 Å². The van der Waals surface area contributed by atoms with Crippen molar-refractivity contribution in [2.45, 2.75) is 388 Å². The lowest BCUT2D eigenvalue weighted by atomic mass is 9.96. The molecule has 0 bridgehead atoms. The number of ether oxygens (including phenoxy) is 6. The molecule has 12 N–H and O–H groups in total. The summed E-state index contributed by atoms with van der Waals surface area (Å²) in [7, 11) is 0. The van der Waals surface area contributed by atoms with Gasteiger partial charge in [0.15, 0.2) is 18.9 Å². The molecule has 3 aliphatic heterocycles. The molecule has 3 saturated heterocycles. The van der Waals surface area contributed by atoms with Crippen LogP contribution in [0.3, 0.4) is 0 Å². The van der Waals surface area contributed by atoms with Crippen LogP contribution in [-0.2, 0) is 33.2 Å². The van der Waals surface area contributed by atoms with Crippen molar-refractivity contribution in [1.82, 2.24) is 5.32 Å². The Hall–Kier alpha value is -1.47. The third-order valence-electron chi connectivity index (χ3n) is 18.1. The third kappa shape index (κ3) is 33.3. The molecule has 0 radical (unpaired) electrons. The molecule has 3 heterocycles. The molecule has 0 aromatic rings. The lowest BCUT2D eigenvalue weighted by Gasteiger charge is -2.48. The Balaban J connectivity index is 1.38. The van der Waals surface area contributed by atoms with Gasteiger partial charge >= 0.3 is 0 Å². The number of hydrogen-bond acceptors (Lipinski definition) is 18. The molecular weight excluding hydrogens is 1120 g/mol. The van der Waals surface area contributed by atoms with Crippen molar-refractivity contribution in [2.75, 3.05) is 26.4 Å². The van der Waals surface area contributed by atoms with Gasteiger partial charge in [0.1, 0.15) is 73.2 Å². The van der Waals surface area contributed by atoms with Gasteiger partial charge in [-0.05, 0) is 19.3 Å². The Kier molecular flexibility index (Phi) is 46.8. The zero-order chi connectivity index (χ0) is 63.3. The Morgan fingerprint density at radius 3 is 1.08 bits per heavy atom. The number of amides is 1. The van der Waals surface area contributed by atoms with Gasteiger partial charge in [0, 0.05) is 6.42 Å². The highest BCUT2D eigenvalue weighted by molar-refractivity contribution is 5.76. The maximum atomic E-state index is 13.3. The van der Waals surface area contributed by atoms with Crippen molar-refractivity contribution in [1.29, 1.82) is 0 Å². The first-order valence-corrected chi connectivity index (χ1v) is 35.4. The smallest absolute Gasteiger partial charge is 0.220 e. The van der Waals surface area contributed by atoms with Crippen LogP contribution in [0.15, 0.2) is 12.2 Å². The minimum absolute atomic E-state index is 0.248. The van der Waals surface area contributed by atoms with E-state index in [2.05, 4.69) is 19.2 Å². The van der Waals surface area contributed by atoms with Gasteiger partial charge in [0.25, 0.3) is 0 Å². The van der Waals surface area contributed by atoms with E-state index in [0.29, 0.717) is 6.42 Å². The first-order valence-electron chi connectivity index (χ1n) is 35.4. The molecule has 0 aliphatic carbocycles. The van der Waals surface area contributed by atoms with Crippen molar-refractivity contribution in [2.24, 2.45) is 0 Å². The lowest BCUT2D eigenvalue weighted by molar-refractivity contribution is -0.379. The zero-order valence-corrected chi connectivity index (χ0v) is 54.3. The van der Waals surface area contributed by atoms with Crippen LogP contribution in [0.5, 0.6) is 0 Å². The van der Waals surface area contributed by atoms with E-state index >= 15 is 0 Å². The van der Waals surface area contributed by atoms with Crippen LogP contribution in [0.2, 0.25) is 0 Å². The van der Waals surface area contributed by atoms with Crippen LogP contribution in [-0.4, -0.2) is 193 Å². The summed E-state index contributed by atoms with van der Waals surface area (Å²) in [6.45, 7) is 1.75. The Morgan fingerprint density at radius 1 is 0.402 bits per heavy atom. The molecule has 514 valence electrons. The van der Waals surface area contributed by atoms with E-state index < -0.39 is 124 Å². The fourth-order valence-electron chi connectivity index (χ4n) is 12.3. The molecular formula is C68H129NO18. The van der Waals surface area contributed by atoms with E-state index in [-0.39, 0.29) is 18.9 Å². The maximum Gasteiger partial charge on any atom is 0.220 e. The molecule has 87 heavy (non-hydrogen) atoms. The highest BCUT2D eigenvalue weighted by Crippen LogP contribution is 2.33. The molecule has 3 rings (SSSR count). The fraction of sp³-hybridized carbons (Fsp3) is 0.956. The summed E-state index contributed by atoms with van der Waals surface area (Å²) >= 11 is 0. The molecule has 19 heteroatoms. The summed E-state index contributed by atoms with van der Waals surface area (Å²) < 4.78 is 34.3. The minimum atomic E-state index is -1.98. The van der Waals surface area contributed by atoms with Crippen LogP contribution < -0.4 is 5.32 Å². The largest absolute Gasteiger partial charge is 0.394 e. The van der Waals surface area contributed by atoms with Gasteiger partial charge in [-0.15, -0.1) is 0 Å². The minimum Gasteiger partial charge on any atom is -0.394 e. The van der Waals surface area contributed by atoms with Crippen LogP contribution in [0, 0.1) is 0 Å². The first-order chi connectivity index (χ1) is 42.3. The average Bonchev–Trinajstić information content (AvgIpc) is 1.23. The number of nitrogens with one attached hydrogen (secondary N) is 1. The second kappa shape index (κ2) is 51.0. The third-order valence-corrected chi connectivity index (χ3v) is 18.1. The predicted octanol–water partition coefficient (Wildman–Crippen LogP) is 9.28. The second-order valence-corrected chi connectivity index (χ2v) is 25.7. The van der Waals surface area contributed by atoms with Crippen LogP contribution in [0.25, 0.3) is 0 Å². The summed E-state index contributed by atoms with van der Waals surface area (Å²) in [5, 5.41) is 120. The molecule has 17 atom stereocenters. The van der Waals surface area contributed by atoms with Crippen LogP contribution >= 0.6 is 0 Å². The van der Waals surface area contributed by atoms with Gasteiger partial charge in [0.05, 0.1) is 38.6 Å². The molecule has 0 spiro atoms. The van der Waals surface area contributed by atoms with E-state index in [9.17, 15) is 61.0 Å². The Bertz CT molecular complexity index is 1630. The van der Waals surface area contributed by atoms with Crippen molar-refractivity contribution in [3.63, 3.8) is 0 Å². The number of unbranched alkanes of at least 4 members (excludes halogenated alkanes) is 39. The number of carbonyl (C=O) groups excluding carboxylic acids is 1. The molecule has 0 aromatic carbocycles. The van der Waals surface area contributed by atoms with E-state index in [1.807, 2.05) is 6.08 Å². The predicted molar refractivity (Wildman–Crippen MR) is 337 cm³/mol. The number of aliphatic hydroxyl groups is 11. The normalized spacial score (nSPS) is 28.6. The number of aliphatic hydroxyl groups excluding tert-OH is 11. The van der Waals surface area contributed by atoms with E-state index in [0.717, 1.165) is 44.9 Å². The maximum absolute atomic E-state index is 13.3. The second-order valence-electron chi connectivity index (χ2n) is 25.7. The zero-order valence-electron chi connectivity index (χ0n) is 54.3. The van der Waals surface area contributed by atoms with Gasteiger partial charge in [-0.2, -0.15) is 0 Å². The van der Waals surface area contributed by atoms with Crippen LogP contribution in [0.4, 0.5) is 0 Å². The number of rotatable bonds is 55. The Labute approximate surface area is 525 Å². The van der Waals surface area contributed by atoms with Gasteiger partial charge in [-0.1, -0.05) is 270 Å². The number of allylic oxidation sites excluding steroid dienone is 1. The fourth-order valence-corrected chi connectivity index (χ4v) is 12.3. The van der Waals surface area contributed by atoms with Crippen molar-refractivity contribution in [3.05, 3.63) is 12.2 Å². The van der Waals surface area contributed by atoms with Crippen molar-refractivity contribution < 1.29 is 89.4 Å². The molecule has 0 saturated carbocycles. The SMILES string of the molecule is CCCCCCCCCCCCCCCCCCCCCCCCCCCCCC/C=C/C(O)C(COC1OC(CO)C(OC2OC(CO)C(OC3OC(CO)C(O)C(O)C3O)C(O)C2O)C(O)C1O)NC(=O)CCCCCCCCCCCCCC. The molecule has 3 aliphatic rings. The number of carbonyl (C=O) groups is 1. The standard InChI is InChI=1S/C68H129NO18/c1-3-5-7-9-11-13-15-17-18-19-20-21-22-23-24-25-26-27-28-29-30-31-32-33-34-35-37-39-41-43-45-52(73)51(69-56(74)46-44-42-40-38-36-16-14-12-10-8-6-4-2)50-82-66-62(80)59(77)64(54(48-71)84-66)87-68-63(81)60(78)65(55(49-72)85-68)86-67-61(79)58(76)57(75)53(47-70)83-67/h43,45,51-55,57-68,70-73,75-81H,3-42,44,46-50H2,1-2H3,(H,69,74)/b45-43+. The summed E-state index contributed by atoms with van der Waals surface area (Å²) in [4.78, 5) is 13.3. The summed E-state index contributed by atoms with van der Waals surface area (Å²) in [6, 6.07) is -0.968. The summed E-state index contributed by atoms with van der Waals surface area (Å²) in [5.74, 6) is -0.272. The average molecular weight is 1250 g/mol. The van der Waals surface area contributed by atoms with Gasteiger partial charge in [-0.25, -0.2) is 0 Å². The van der Waals surface area contributed by atoms with E-state index in [1.54, 1.807) is 6.08 Å². The molecule has 17 unspecified atom stereocenters. The summed E-state index contributed by atoms with van der Waals surface area (Å²) in [5.41, 5.74) is 0. The lowest BCUT2D eigenvalue weighted by Crippen LogP contribution is -2.66. The number of hydrogen-bond donors (Lipinski definition) is 12. The van der Waals surface area contributed by atoms with Gasteiger partial charge in [-0.3, -0.25) is 4.79 Å². The highest BCUT2D eigenvalue weighted by atomic mass is 16.8. The monoisotopic (exact) mass is 1250 g/mol. The van der Waals surface area contributed by atoms with Crippen LogP contribution in [0.1, 0.15) is 284 Å². The molecule has 0 aromatic heterocycles. The highest BCUT2D eigenvalue weighted by Gasteiger charge is 2.53. The topological polar surface area (TPSA) is 307 Å². The van der Waals surface area contributed by atoms with Gasteiger partial charge < -0.3 is 89.9 Å². The quantitative estimate of drug-likeness (QED) is 0.0199. The summed E-state index contributed by atoms with van der Waals surface area (Å²) in [6.07, 6.45) is 29.3. The van der Waals surface area contributed by atoms with E-state index in [4.69, 9.17) is 28.4 Å². The van der Waals surface area contributed by atoms with E-state index in [1.165, 1.54) is 212 Å². The van der Waals surface area contributed by atoms with Crippen molar-refractivity contribution >= 4 is 5.91 Å². The van der Waals surface area contributed by atoms with Gasteiger partial charge in [0.2, 0.25) is 5.91 Å². The molecule has 19 nitrogen and oxygen atoms in total. The molecule has 3 fully saturated rings.